The Morgan fingerprint density at radius 3 is 2.18 bits per heavy atom. The molecule has 4 rings (SSSR count). The van der Waals surface area contributed by atoms with E-state index in [9.17, 15) is 4.79 Å². The number of rotatable bonds is 12. The molecular weight excluding hydrogens is 496 g/mol. The number of aromatic nitrogens is 1. The monoisotopic (exact) mass is 528 g/mol. The lowest BCUT2D eigenvalue weighted by Gasteiger charge is -2.17. The van der Waals surface area contributed by atoms with Gasteiger partial charge in [0.25, 0.3) is 0 Å². The van der Waals surface area contributed by atoms with Gasteiger partial charge in [-0.15, -0.1) is 0 Å². The van der Waals surface area contributed by atoms with Crippen molar-refractivity contribution in [1.82, 2.24) is 5.16 Å². The minimum atomic E-state index is -0.296. The summed E-state index contributed by atoms with van der Waals surface area (Å²) < 4.78 is 22.2. The number of carbonyl (C=O) groups excluding carboxylic acids is 1. The van der Waals surface area contributed by atoms with E-state index in [-0.39, 0.29) is 24.9 Å². The highest BCUT2D eigenvalue weighted by atomic mass is 16.6. The number of oxime groups is 1. The smallest absolute Gasteiger partial charge is 0.306 e. The molecule has 0 spiro atoms. The van der Waals surface area contributed by atoms with Crippen LogP contribution in [-0.2, 0) is 21.0 Å². The SMILES string of the molecule is CO/N=C(\COc1ccc(COc2ccc(C(CC(=O)OC)c3c(C)noc3C)cc2)cc1)c1ccccc1. The van der Waals surface area contributed by atoms with E-state index in [0.717, 1.165) is 39.4 Å². The fraction of sp³-hybridized carbons (Fsp3) is 0.258. The molecule has 4 aromatic rings. The number of hydrogen-bond donors (Lipinski definition) is 0. The third kappa shape index (κ3) is 7.25. The molecule has 1 unspecified atom stereocenters. The van der Waals surface area contributed by atoms with Gasteiger partial charge in [0.05, 0.1) is 19.2 Å². The fourth-order valence-corrected chi connectivity index (χ4v) is 4.32. The van der Waals surface area contributed by atoms with Gasteiger partial charge in [0, 0.05) is 17.0 Å². The second kappa shape index (κ2) is 13.3. The second-order valence-corrected chi connectivity index (χ2v) is 8.95. The number of methoxy groups -OCH3 is 1. The van der Waals surface area contributed by atoms with Gasteiger partial charge in [-0.1, -0.05) is 64.9 Å². The summed E-state index contributed by atoms with van der Waals surface area (Å²) in [7, 11) is 2.91. The van der Waals surface area contributed by atoms with E-state index in [1.54, 1.807) is 0 Å². The normalized spacial score (nSPS) is 12.1. The average molecular weight is 529 g/mol. The van der Waals surface area contributed by atoms with Crippen molar-refractivity contribution in [2.24, 2.45) is 5.16 Å². The van der Waals surface area contributed by atoms with Gasteiger partial charge in [0.1, 0.15) is 43.3 Å². The second-order valence-electron chi connectivity index (χ2n) is 8.95. The van der Waals surface area contributed by atoms with Gasteiger partial charge >= 0.3 is 5.97 Å². The maximum atomic E-state index is 12.1. The van der Waals surface area contributed by atoms with E-state index >= 15 is 0 Å². The third-order valence-corrected chi connectivity index (χ3v) is 6.33. The van der Waals surface area contributed by atoms with Crippen LogP contribution in [0.4, 0.5) is 0 Å². The van der Waals surface area contributed by atoms with Crippen LogP contribution in [0.1, 0.15) is 46.0 Å². The average Bonchev–Trinajstić information content (AvgIpc) is 3.31. The van der Waals surface area contributed by atoms with E-state index in [4.69, 9.17) is 23.6 Å². The molecular formula is C31H32N2O6. The molecule has 1 aromatic heterocycles. The zero-order valence-corrected chi connectivity index (χ0v) is 22.5. The van der Waals surface area contributed by atoms with Gasteiger partial charge in [-0.3, -0.25) is 4.79 Å². The summed E-state index contributed by atoms with van der Waals surface area (Å²) in [5.41, 5.74) is 5.27. The number of esters is 1. The molecule has 0 fully saturated rings. The molecule has 0 saturated carbocycles. The van der Waals surface area contributed by atoms with E-state index in [1.807, 2.05) is 92.7 Å². The first-order valence-electron chi connectivity index (χ1n) is 12.6. The van der Waals surface area contributed by atoms with Gasteiger partial charge in [-0.2, -0.15) is 0 Å². The molecule has 1 atom stereocenters. The molecule has 0 radical (unpaired) electrons. The van der Waals surface area contributed by atoms with Crippen LogP contribution >= 0.6 is 0 Å². The highest BCUT2D eigenvalue weighted by molar-refractivity contribution is 6.01. The topological polar surface area (TPSA) is 92.4 Å². The Balaban J connectivity index is 1.36. The lowest BCUT2D eigenvalue weighted by molar-refractivity contribution is -0.140. The third-order valence-electron chi connectivity index (χ3n) is 6.33. The molecule has 0 amide bonds. The predicted octanol–water partition coefficient (Wildman–Crippen LogP) is 5.99. The van der Waals surface area contributed by atoms with Crippen LogP contribution < -0.4 is 9.47 Å². The maximum absolute atomic E-state index is 12.1. The standard InChI is InChI=1S/C31H32N2O6/c1-21-31(22(2)39-32-21)28(18-30(34)35-3)24-12-16-27(17-13-24)37-19-23-10-14-26(15-11-23)38-20-29(33-36-4)25-8-6-5-7-9-25/h5-17,28H,18-20H2,1-4H3/b33-29+. The molecule has 0 aliphatic heterocycles. The highest BCUT2D eigenvalue weighted by Crippen LogP contribution is 2.34. The van der Waals surface area contributed by atoms with Crippen LogP contribution in [0.3, 0.4) is 0 Å². The molecule has 0 saturated heterocycles. The van der Waals surface area contributed by atoms with Crippen molar-refractivity contribution in [2.75, 3.05) is 20.8 Å². The Kier molecular flexibility index (Phi) is 9.34. The summed E-state index contributed by atoms with van der Waals surface area (Å²) in [6.45, 7) is 4.41. The van der Waals surface area contributed by atoms with Crippen molar-refractivity contribution in [2.45, 2.75) is 32.8 Å². The van der Waals surface area contributed by atoms with Crippen LogP contribution in [0.5, 0.6) is 11.5 Å². The number of carbonyl (C=O) groups is 1. The quantitative estimate of drug-likeness (QED) is 0.127. The van der Waals surface area contributed by atoms with E-state index in [1.165, 1.54) is 14.2 Å². The Hall–Kier alpha value is -4.59. The van der Waals surface area contributed by atoms with Crippen LogP contribution in [0.25, 0.3) is 0 Å². The molecule has 8 heteroatoms. The minimum Gasteiger partial charge on any atom is -0.489 e. The van der Waals surface area contributed by atoms with Crippen molar-refractivity contribution in [3.05, 3.63) is 113 Å². The zero-order chi connectivity index (χ0) is 27.6. The molecule has 0 N–H and O–H groups in total. The van der Waals surface area contributed by atoms with Gasteiger partial charge in [-0.05, 0) is 49.2 Å². The largest absolute Gasteiger partial charge is 0.489 e. The Bertz CT molecular complexity index is 1360. The van der Waals surface area contributed by atoms with Gasteiger partial charge < -0.3 is 23.6 Å². The lowest BCUT2D eigenvalue weighted by atomic mass is 9.87. The number of hydrogen-bond acceptors (Lipinski definition) is 8. The molecule has 202 valence electrons. The molecule has 3 aromatic carbocycles. The van der Waals surface area contributed by atoms with Crippen molar-refractivity contribution >= 4 is 11.7 Å². The summed E-state index contributed by atoms with van der Waals surface area (Å²) in [6, 6.07) is 25.2. The summed E-state index contributed by atoms with van der Waals surface area (Å²) in [5.74, 6) is 1.62. The van der Waals surface area contributed by atoms with Crippen molar-refractivity contribution in [3.63, 3.8) is 0 Å². The Morgan fingerprint density at radius 2 is 1.56 bits per heavy atom. The van der Waals surface area contributed by atoms with Gasteiger partial charge in [0.15, 0.2) is 0 Å². The molecule has 0 aliphatic carbocycles. The highest BCUT2D eigenvalue weighted by Gasteiger charge is 2.25. The van der Waals surface area contributed by atoms with Crippen LogP contribution in [-0.4, -0.2) is 37.7 Å². The number of nitrogens with zero attached hydrogens (tertiary/aromatic N) is 2. The maximum Gasteiger partial charge on any atom is 0.306 e. The summed E-state index contributed by atoms with van der Waals surface area (Å²) >= 11 is 0. The predicted molar refractivity (Wildman–Crippen MR) is 147 cm³/mol. The first kappa shape index (κ1) is 27.4. The molecule has 39 heavy (non-hydrogen) atoms. The van der Waals surface area contributed by atoms with Crippen LogP contribution in [0.2, 0.25) is 0 Å². The molecule has 8 nitrogen and oxygen atoms in total. The van der Waals surface area contributed by atoms with Gasteiger partial charge in [-0.25, -0.2) is 0 Å². The Labute approximate surface area is 228 Å². The van der Waals surface area contributed by atoms with E-state index < -0.39 is 0 Å². The van der Waals surface area contributed by atoms with Crippen LogP contribution in [0.15, 0.2) is 88.5 Å². The summed E-state index contributed by atoms with van der Waals surface area (Å²) in [6.07, 6.45) is 0.193. The molecule has 0 aliphatic rings. The fourth-order valence-electron chi connectivity index (χ4n) is 4.32. The van der Waals surface area contributed by atoms with Crippen molar-refractivity contribution in [3.8, 4) is 11.5 Å². The first-order chi connectivity index (χ1) is 19.0. The van der Waals surface area contributed by atoms with E-state index in [0.29, 0.717) is 18.1 Å². The van der Waals surface area contributed by atoms with Gasteiger partial charge in [0.2, 0.25) is 0 Å². The summed E-state index contributed by atoms with van der Waals surface area (Å²) in [4.78, 5) is 17.1. The summed E-state index contributed by atoms with van der Waals surface area (Å²) in [5, 5.41) is 8.14. The Morgan fingerprint density at radius 1 is 0.897 bits per heavy atom. The number of ether oxygens (including phenoxy) is 3. The van der Waals surface area contributed by atoms with Crippen molar-refractivity contribution < 1.29 is 28.4 Å². The zero-order valence-electron chi connectivity index (χ0n) is 22.5. The number of benzene rings is 3. The number of aryl methyl sites for hydroxylation is 2. The van der Waals surface area contributed by atoms with Crippen molar-refractivity contribution in [1.29, 1.82) is 0 Å². The molecule has 0 bridgehead atoms. The van der Waals surface area contributed by atoms with Crippen LogP contribution in [0, 0.1) is 13.8 Å². The molecule has 1 heterocycles. The minimum absolute atomic E-state index is 0.193. The van der Waals surface area contributed by atoms with E-state index in [2.05, 4.69) is 10.3 Å². The lowest BCUT2D eigenvalue weighted by Crippen LogP contribution is -2.13. The first-order valence-corrected chi connectivity index (χ1v) is 12.6.